The number of hydrogen-bond acceptors (Lipinski definition) is 4. The van der Waals surface area contributed by atoms with Gasteiger partial charge >= 0.3 is 12.1 Å². The van der Waals surface area contributed by atoms with Gasteiger partial charge < -0.3 is 14.4 Å². The molecule has 1 saturated heterocycles. The van der Waals surface area contributed by atoms with E-state index >= 15 is 0 Å². The van der Waals surface area contributed by atoms with Crippen molar-refractivity contribution in [1.82, 2.24) is 4.90 Å². The molecule has 0 bridgehead atoms. The second kappa shape index (κ2) is 6.08. The van der Waals surface area contributed by atoms with Crippen LogP contribution in [-0.4, -0.2) is 41.3 Å². The number of amides is 1. The van der Waals surface area contributed by atoms with E-state index in [2.05, 4.69) is 6.58 Å². The first-order valence-corrected chi connectivity index (χ1v) is 6.54. The molecule has 5 nitrogen and oxygen atoms in total. The standard InChI is InChI=1S/C14H23NO4/c1-6-12(18-10(2)16)11-8-7-9-15(11)13(17)19-14(3,4)5/h6,11-12H,1,7-9H2,2-5H3/t11-,12+/m0/s1. The van der Waals surface area contributed by atoms with E-state index in [1.807, 2.05) is 20.8 Å². The minimum absolute atomic E-state index is 0.184. The quantitative estimate of drug-likeness (QED) is 0.583. The highest BCUT2D eigenvalue weighted by Gasteiger charge is 2.37. The van der Waals surface area contributed by atoms with Gasteiger partial charge in [0, 0.05) is 13.5 Å². The molecule has 108 valence electrons. The third kappa shape index (κ3) is 4.58. The fourth-order valence-electron chi connectivity index (χ4n) is 2.16. The smallest absolute Gasteiger partial charge is 0.410 e. The molecule has 0 spiro atoms. The zero-order valence-corrected chi connectivity index (χ0v) is 12.1. The summed E-state index contributed by atoms with van der Waals surface area (Å²) in [6.45, 7) is 11.1. The fraction of sp³-hybridized carbons (Fsp3) is 0.714. The molecule has 2 atom stereocenters. The summed E-state index contributed by atoms with van der Waals surface area (Å²) in [7, 11) is 0. The van der Waals surface area contributed by atoms with Crippen molar-refractivity contribution >= 4 is 12.1 Å². The molecule has 0 N–H and O–H groups in total. The van der Waals surface area contributed by atoms with Gasteiger partial charge in [0.05, 0.1) is 6.04 Å². The fourth-order valence-corrected chi connectivity index (χ4v) is 2.16. The summed E-state index contributed by atoms with van der Waals surface area (Å²) in [6.07, 6.45) is 2.37. The van der Waals surface area contributed by atoms with Crippen LogP contribution in [0.3, 0.4) is 0 Å². The maximum Gasteiger partial charge on any atom is 0.410 e. The maximum absolute atomic E-state index is 12.1. The van der Waals surface area contributed by atoms with E-state index in [0.717, 1.165) is 12.8 Å². The van der Waals surface area contributed by atoms with Gasteiger partial charge in [0.15, 0.2) is 0 Å². The molecule has 0 unspecified atom stereocenters. The topological polar surface area (TPSA) is 55.8 Å². The van der Waals surface area contributed by atoms with E-state index in [0.29, 0.717) is 6.54 Å². The molecule has 1 heterocycles. The first kappa shape index (κ1) is 15.5. The van der Waals surface area contributed by atoms with Crippen molar-refractivity contribution in [3.63, 3.8) is 0 Å². The van der Waals surface area contributed by atoms with E-state index in [9.17, 15) is 9.59 Å². The number of esters is 1. The maximum atomic E-state index is 12.1. The predicted octanol–water partition coefficient (Wildman–Crippen LogP) is 2.50. The second-order valence-electron chi connectivity index (χ2n) is 5.69. The van der Waals surface area contributed by atoms with E-state index in [-0.39, 0.29) is 18.1 Å². The molecule has 1 aliphatic rings. The normalized spacial score (nSPS) is 20.8. The Morgan fingerprint density at radius 1 is 1.42 bits per heavy atom. The van der Waals surface area contributed by atoms with Gasteiger partial charge in [-0.05, 0) is 39.7 Å². The van der Waals surface area contributed by atoms with Gasteiger partial charge in [-0.25, -0.2) is 4.79 Å². The van der Waals surface area contributed by atoms with Crippen LogP contribution in [0, 0.1) is 0 Å². The minimum atomic E-state index is -0.532. The van der Waals surface area contributed by atoms with Crippen LogP contribution in [0.4, 0.5) is 4.79 Å². The molecule has 1 rings (SSSR count). The molecule has 1 aliphatic heterocycles. The molecule has 19 heavy (non-hydrogen) atoms. The van der Waals surface area contributed by atoms with Crippen molar-refractivity contribution in [3.8, 4) is 0 Å². The van der Waals surface area contributed by atoms with Crippen LogP contribution in [0.15, 0.2) is 12.7 Å². The van der Waals surface area contributed by atoms with E-state index in [1.165, 1.54) is 6.92 Å². The molecule has 0 saturated carbocycles. The number of carbonyl (C=O) groups is 2. The van der Waals surface area contributed by atoms with Crippen molar-refractivity contribution in [2.45, 2.75) is 58.3 Å². The van der Waals surface area contributed by atoms with Crippen LogP contribution in [0.25, 0.3) is 0 Å². The first-order chi connectivity index (χ1) is 8.74. The zero-order chi connectivity index (χ0) is 14.6. The molecule has 0 radical (unpaired) electrons. The van der Waals surface area contributed by atoms with Crippen LogP contribution >= 0.6 is 0 Å². The average molecular weight is 269 g/mol. The van der Waals surface area contributed by atoms with E-state index in [1.54, 1.807) is 11.0 Å². The lowest BCUT2D eigenvalue weighted by atomic mass is 10.1. The Balaban J connectivity index is 2.74. The molecule has 1 fully saturated rings. The summed E-state index contributed by atoms with van der Waals surface area (Å²) in [4.78, 5) is 24.8. The Hall–Kier alpha value is -1.52. The van der Waals surface area contributed by atoms with Crippen LogP contribution in [0.1, 0.15) is 40.5 Å². The number of nitrogens with zero attached hydrogens (tertiary/aromatic N) is 1. The monoisotopic (exact) mass is 269 g/mol. The van der Waals surface area contributed by atoms with Gasteiger partial charge in [0.25, 0.3) is 0 Å². The molecular weight excluding hydrogens is 246 g/mol. The summed E-state index contributed by atoms with van der Waals surface area (Å²) in [6, 6.07) is -0.184. The van der Waals surface area contributed by atoms with Crippen molar-refractivity contribution in [2.24, 2.45) is 0 Å². The highest BCUT2D eigenvalue weighted by atomic mass is 16.6. The van der Waals surface area contributed by atoms with Crippen molar-refractivity contribution in [3.05, 3.63) is 12.7 Å². The average Bonchev–Trinajstić information content (AvgIpc) is 2.71. The Kier molecular flexibility index (Phi) is 4.97. The lowest BCUT2D eigenvalue weighted by Crippen LogP contribution is -2.45. The van der Waals surface area contributed by atoms with Gasteiger partial charge in [0.1, 0.15) is 11.7 Å². The molecule has 5 heteroatoms. The van der Waals surface area contributed by atoms with Crippen LogP contribution in [-0.2, 0) is 14.3 Å². The van der Waals surface area contributed by atoms with Crippen LogP contribution in [0.5, 0.6) is 0 Å². The molecule has 0 aromatic rings. The first-order valence-electron chi connectivity index (χ1n) is 6.54. The van der Waals surface area contributed by atoms with Crippen molar-refractivity contribution in [2.75, 3.05) is 6.54 Å². The molecule has 1 amide bonds. The largest absolute Gasteiger partial charge is 0.456 e. The molecule has 0 aromatic heterocycles. The molecule has 0 aromatic carbocycles. The summed E-state index contributed by atoms with van der Waals surface area (Å²) in [5.41, 5.74) is -0.532. The summed E-state index contributed by atoms with van der Waals surface area (Å²) in [5, 5.41) is 0. The predicted molar refractivity (Wildman–Crippen MR) is 71.7 cm³/mol. The Labute approximate surface area is 114 Å². The second-order valence-corrected chi connectivity index (χ2v) is 5.69. The molecular formula is C14H23NO4. The van der Waals surface area contributed by atoms with E-state index in [4.69, 9.17) is 9.47 Å². The number of hydrogen-bond donors (Lipinski definition) is 0. The lowest BCUT2D eigenvalue weighted by Gasteiger charge is -2.31. The zero-order valence-electron chi connectivity index (χ0n) is 12.1. The van der Waals surface area contributed by atoms with Crippen molar-refractivity contribution < 1.29 is 19.1 Å². The third-order valence-corrected chi connectivity index (χ3v) is 2.84. The summed E-state index contributed by atoms with van der Waals surface area (Å²) >= 11 is 0. The molecule has 0 aliphatic carbocycles. The Bertz CT molecular complexity index is 359. The Morgan fingerprint density at radius 3 is 2.53 bits per heavy atom. The van der Waals surface area contributed by atoms with E-state index < -0.39 is 11.7 Å². The number of rotatable bonds is 3. The number of likely N-dealkylation sites (tertiary alicyclic amines) is 1. The van der Waals surface area contributed by atoms with Gasteiger partial charge in [-0.1, -0.05) is 6.58 Å². The number of carbonyl (C=O) groups excluding carboxylic acids is 2. The Morgan fingerprint density at radius 2 is 2.05 bits per heavy atom. The van der Waals surface area contributed by atoms with Gasteiger partial charge in [-0.15, -0.1) is 0 Å². The highest BCUT2D eigenvalue weighted by Crippen LogP contribution is 2.25. The van der Waals surface area contributed by atoms with Crippen LogP contribution < -0.4 is 0 Å². The minimum Gasteiger partial charge on any atom is -0.456 e. The van der Waals surface area contributed by atoms with Gasteiger partial charge in [-0.2, -0.15) is 0 Å². The third-order valence-electron chi connectivity index (χ3n) is 2.84. The SMILES string of the molecule is C=C[C@@H](OC(C)=O)[C@@H]1CCCN1C(=O)OC(C)(C)C. The summed E-state index contributed by atoms with van der Waals surface area (Å²) in [5.74, 6) is -0.374. The van der Waals surface area contributed by atoms with Gasteiger partial charge in [-0.3, -0.25) is 4.79 Å². The lowest BCUT2D eigenvalue weighted by molar-refractivity contribution is -0.146. The summed E-state index contributed by atoms with van der Waals surface area (Å²) < 4.78 is 10.6. The number of ether oxygens (including phenoxy) is 2. The highest BCUT2D eigenvalue weighted by molar-refractivity contribution is 5.69. The van der Waals surface area contributed by atoms with Crippen LogP contribution in [0.2, 0.25) is 0 Å². The van der Waals surface area contributed by atoms with Crippen molar-refractivity contribution in [1.29, 1.82) is 0 Å². The van der Waals surface area contributed by atoms with Gasteiger partial charge in [0.2, 0.25) is 0 Å².